The Labute approximate surface area is 161 Å². The first-order chi connectivity index (χ1) is 13.3. The summed E-state index contributed by atoms with van der Waals surface area (Å²) in [7, 11) is 1.79. The maximum absolute atomic E-state index is 5.35. The van der Waals surface area contributed by atoms with Crippen LogP contribution in [0.4, 0.5) is 5.82 Å². The Morgan fingerprint density at radius 1 is 1.22 bits per heavy atom. The van der Waals surface area contributed by atoms with Gasteiger partial charge >= 0.3 is 0 Å². The van der Waals surface area contributed by atoms with Crippen molar-refractivity contribution in [3.8, 4) is 0 Å². The minimum Gasteiger partial charge on any atom is -0.469 e. The molecule has 3 rings (SSSR count). The van der Waals surface area contributed by atoms with Gasteiger partial charge in [0, 0.05) is 58.9 Å². The van der Waals surface area contributed by atoms with E-state index in [1.807, 2.05) is 18.3 Å². The summed E-state index contributed by atoms with van der Waals surface area (Å²) < 4.78 is 5.35. The predicted octanol–water partition coefficient (Wildman–Crippen LogP) is 1.72. The van der Waals surface area contributed by atoms with Gasteiger partial charge in [-0.1, -0.05) is 6.92 Å². The minimum atomic E-state index is 0.713. The van der Waals surface area contributed by atoms with Gasteiger partial charge in [0.2, 0.25) is 0 Å². The molecule has 0 aliphatic carbocycles. The molecule has 0 spiro atoms. The van der Waals surface area contributed by atoms with Crippen LogP contribution in [-0.4, -0.2) is 62.2 Å². The molecule has 2 aromatic rings. The van der Waals surface area contributed by atoms with E-state index in [0.717, 1.165) is 63.2 Å². The third kappa shape index (κ3) is 5.72. The molecule has 0 atom stereocenters. The van der Waals surface area contributed by atoms with E-state index in [9.17, 15) is 0 Å². The highest BCUT2D eigenvalue weighted by Crippen LogP contribution is 2.15. The van der Waals surface area contributed by atoms with Crippen molar-refractivity contribution in [1.29, 1.82) is 0 Å². The molecule has 0 bridgehead atoms. The fraction of sp³-hybridized carbons (Fsp3) is 0.500. The molecule has 2 aromatic heterocycles. The molecular weight excluding hydrogens is 340 g/mol. The van der Waals surface area contributed by atoms with Crippen LogP contribution in [0, 0.1) is 0 Å². The van der Waals surface area contributed by atoms with Crippen LogP contribution in [0.2, 0.25) is 0 Å². The average Bonchev–Trinajstić information content (AvgIpc) is 3.24. The standard InChI is InChI=1S/C20H30N6O/c1-3-25-10-12-26(13-11-25)19-15-17(6-8-22-19)16-24-20(21-2)23-9-7-18-5-4-14-27-18/h4-6,8,14-15H,3,7,9-13,16H2,1-2H3,(H2,21,23,24). The number of likely N-dealkylation sites (N-methyl/N-ethyl adjacent to an activating group) is 1. The highest BCUT2D eigenvalue weighted by atomic mass is 16.3. The first-order valence-electron chi connectivity index (χ1n) is 9.67. The maximum Gasteiger partial charge on any atom is 0.191 e. The lowest BCUT2D eigenvalue weighted by Crippen LogP contribution is -2.46. The summed E-state index contributed by atoms with van der Waals surface area (Å²) in [5.41, 5.74) is 1.20. The van der Waals surface area contributed by atoms with Crippen molar-refractivity contribution in [2.45, 2.75) is 19.9 Å². The van der Waals surface area contributed by atoms with E-state index >= 15 is 0 Å². The minimum absolute atomic E-state index is 0.713. The van der Waals surface area contributed by atoms with Crippen molar-refractivity contribution >= 4 is 11.8 Å². The molecule has 27 heavy (non-hydrogen) atoms. The monoisotopic (exact) mass is 370 g/mol. The number of piperazine rings is 1. The predicted molar refractivity (Wildman–Crippen MR) is 109 cm³/mol. The quantitative estimate of drug-likeness (QED) is 0.571. The van der Waals surface area contributed by atoms with Gasteiger partial charge in [0.15, 0.2) is 5.96 Å². The lowest BCUT2D eigenvalue weighted by atomic mass is 10.2. The number of nitrogens with one attached hydrogen (secondary N) is 2. The van der Waals surface area contributed by atoms with Crippen molar-refractivity contribution in [3.63, 3.8) is 0 Å². The lowest BCUT2D eigenvalue weighted by Gasteiger charge is -2.34. The summed E-state index contributed by atoms with van der Waals surface area (Å²) >= 11 is 0. The highest BCUT2D eigenvalue weighted by Gasteiger charge is 2.16. The second kappa shape index (κ2) is 9.97. The number of guanidine groups is 1. The Kier molecular flexibility index (Phi) is 7.10. The summed E-state index contributed by atoms with van der Waals surface area (Å²) in [6.45, 7) is 9.11. The van der Waals surface area contributed by atoms with Crippen molar-refractivity contribution in [1.82, 2.24) is 20.5 Å². The molecule has 0 saturated carbocycles. The largest absolute Gasteiger partial charge is 0.469 e. The molecule has 1 aliphatic heterocycles. The number of hydrogen-bond acceptors (Lipinski definition) is 5. The molecule has 0 amide bonds. The smallest absolute Gasteiger partial charge is 0.191 e. The number of aromatic nitrogens is 1. The second-order valence-corrected chi connectivity index (χ2v) is 6.63. The number of aliphatic imine (C=N–C) groups is 1. The van der Waals surface area contributed by atoms with Crippen LogP contribution in [0.15, 0.2) is 46.1 Å². The Balaban J connectivity index is 1.47. The molecule has 146 valence electrons. The fourth-order valence-electron chi connectivity index (χ4n) is 3.20. The molecule has 0 unspecified atom stereocenters. The van der Waals surface area contributed by atoms with Crippen LogP contribution >= 0.6 is 0 Å². The molecular formula is C20H30N6O. The molecule has 1 fully saturated rings. The van der Waals surface area contributed by atoms with Crippen LogP contribution in [-0.2, 0) is 13.0 Å². The number of pyridine rings is 1. The van der Waals surface area contributed by atoms with Gasteiger partial charge in [-0.25, -0.2) is 4.98 Å². The maximum atomic E-state index is 5.35. The topological polar surface area (TPSA) is 68.9 Å². The normalized spacial score (nSPS) is 15.8. The zero-order valence-electron chi connectivity index (χ0n) is 16.3. The van der Waals surface area contributed by atoms with Gasteiger partial charge < -0.3 is 24.9 Å². The van der Waals surface area contributed by atoms with Crippen LogP contribution in [0.1, 0.15) is 18.2 Å². The number of furan rings is 1. The SMILES string of the molecule is CCN1CCN(c2cc(CNC(=NC)NCCc3ccco3)ccn2)CC1. The Hall–Kier alpha value is -2.54. The van der Waals surface area contributed by atoms with E-state index in [4.69, 9.17) is 4.42 Å². The van der Waals surface area contributed by atoms with Gasteiger partial charge in [0.25, 0.3) is 0 Å². The van der Waals surface area contributed by atoms with Crippen LogP contribution in [0.5, 0.6) is 0 Å². The number of hydrogen-bond donors (Lipinski definition) is 2. The van der Waals surface area contributed by atoms with Gasteiger partial charge in [-0.2, -0.15) is 0 Å². The highest BCUT2D eigenvalue weighted by molar-refractivity contribution is 5.79. The summed E-state index contributed by atoms with van der Waals surface area (Å²) in [4.78, 5) is 13.7. The summed E-state index contributed by atoms with van der Waals surface area (Å²) in [6.07, 6.45) is 4.42. The van der Waals surface area contributed by atoms with Crippen molar-refractivity contribution < 1.29 is 4.42 Å². The van der Waals surface area contributed by atoms with Crippen molar-refractivity contribution in [3.05, 3.63) is 48.0 Å². The molecule has 7 nitrogen and oxygen atoms in total. The molecule has 2 N–H and O–H groups in total. The third-order valence-corrected chi connectivity index (χ3v) is 4.88. The number of rotatable bonds is 7. The zero-order chi connectivity index (χ0) is 18.9. The Morgan fingerprint density at radius 3 is 2.78 bits per heavy atom. The number of anilines is 1. The molecule has 0 radical (unpaired) electrons. The zero-order valence-corrected chi connectivity index (χ0v) is 16.3. The van der Waals surface area contributed by atoms with Crippen molar-refractivity contribution in [2.75, 3.05) is 51.2 Å². The van der Waals surface area contributed by atoms with Crippen LogP contribution < -0.4 is 15.5 Å². The average molecular weight is 371 g/mol. The first kappa shape index (κ1) is 19.2. The molecule has 3 heterocycles. The first-order valence-corrected chi connectivity index (χ1v) is 9.67. The van der Waals surface area contributed by atoms with Gasteiger partial charge in [-0.15, -0.1) is 0 Å². The Bertz CT molecular complexity index is 707. The van der Waals surface area contributed by atoms with E-state index in [0.29, 0.717) is 6.54 Å². The molecule has 1 aliphatic rings. The van der Waals surface area contributed by atoms with Gasteiger partial charge in [-0.3, -0.25) is 4.99 Å². The molecule has 7 heteroatoms. The van der Waals surface area contributed by atoms with E-state index in [2.05, 4.69) is 49.5 Å². The Morgan fingerprint density at radius 2 is 2.07 bits per heavy atom. The lowest BCUT2D eigenvalue weighted by molar-refractivity contribution is 0.270. The van der Waals surface area contributed by atoms with E-state index in [1.165, 1.54) is 5.56 Å². The van der Waals surface area contributed by atoms with E-state index < -0.39 is 0 Å². The summed E-state index contributed by atoms with van der Waals surface area (Å²) in [5.74, 6) is 2.82. The molecule has 1 saturated heterocycles. The second-order valence-electron chi connectivity index (χ2n) is 6.63. The van der Waals surface area contributed by atoms with Crippen LogP contribution in [0.3, 0.4) is 0 Å². The molecule has 0 aromatic carbocycles. The van der Waals surface area contributed by atoms with E-state index in [1.54, 1.807) is 13.3 Å². The van der Waals surface area contributed by atoms with E-state index in [-0.39, 0.29) is 0 Å². The number of nitrogens with zero attached hydrogens (tertiary/aromatic N) is 4. The summed E-state index contributed by atoms with van der Waals surface area (Å²) in [5, 5.41) is 6.68. The third-order valence-electron chi connectivity index (χ3n) is 4.88. The van der Waals surface area contributed by atoms with Crippen molar-refractivity contribution in [2.24, 2.45) is 4.99 Å². The summed E-state index contributed by atoms with van der Waals surface area (Å²) in [6, 6.07) is 8.11. The van der Waals surface area contributed by atoms with Gasteiger partial charge in [0.1, 0.15) is 11.6 Å². The fourth-order valence-corrected chi connectivity index (χ4v) is 3.20. The van der Waals surface area contributed by atoms with Gasteiger partial charge in [-0.05, 0) is 36.4 Å². The van der Waals surface area contributed by atoms with Crippen LogP contribution in [0.25, 0.3) is 0 Å². The van der Waals surface area contributed by atoms with Gasteiger partial charge in [0.05, 0.1) is 6.26 Å².